The highest BCUT2D eigenvalue weighted by molar-refractivity contribution is 6.00. The average Bonchev–Trinajstić information content (AvgIpc) is 2.26. The number of rotatable bonds is 3. The molecular weight excluding hydrogens is 238 g/mol. The van der Waals surface area contributed by atoms with E-state index in [4.69, 9.17) is 4.74 Å². The summed E-state index contributed by atoms with van der Waals surface area (Å²) in [6.45, 7) is 10.2. The molecule has 0 atom stereocenters. The molecule has 0 unspecified atom stereocenters. The van der Waals surface area contributed by atoms with Crippen LogP contribution in [-0.4, -0.2) is 13.0 Å². The molecule has 1 aromatic carbocycles. The van der Waals surface area contributed by atoms with Crippen molar-refractivity contribution in [3.63, 3.8) is 0 Å². The zero-order valence-corrected chi connectivity index (χ0v) is 12.6. The maximum Gasteiger partial charge on any atom is 0.248 e. The zero-order valence-electron chi connectivity index (χ0n) is 12.6. The number of hydrogen-bond acceptors (Lipinski definition) is 2. The molecule has 0 aliphatic carbocycles. The summed E-state index contributed by atoms with van der Waals surface area (Å²) in [4.78, 5) is 11.8. The van der Waals surface area contributed by atoms with E-state index in [2.05, 4.69) is 26.1 Å². The molecular formula is C16H23NO2. The van der Waals surface area contributed by atoms with Crippen LogP contribution < -0.4 is 10.1 Å². The molecule has 0 saturated carbocycles. The number of amides is 1. The molecule has 0 aliphatic heterocycles. The number of benzene rings is 1. The highest BCUT2D eigenvalue weighted by Gasteiger charge is 2.16. The van der Waals surface area contributed by atoms with Crippen LogP contribution in [0, 0.1) is 0 Å². The van der Waals surface area contributed by atoms with Crippen molar-refractivity contribution in [3.05, 3.63) is 35.4 Å². The van der Waals surface area contributed by atoms with Crippen molar-refractivity contribution < 1.29 is 9.53 Å². The van der Waals surface area contributed by atoms with Crippen molar-refractivity contribution in [3.8, 4) is 5.75 Å². The number of methoxy groups -OCH3 is 1. The Morgan fingerprint density at radius 2 is 1.89 bits per heavy atom. The third-order valence-electron chi connectivity index (χ3n) is 2.74. The molecule has 1 N–H and O–H groups in total. The largest absolute Gasteiger partial charge is 0.495 e. The molecule has 1 amide bonds. The molecule has 0 spiro atoms. The van der Waals surface area contributed by atoms with Gasteiger partial charge in [-0.1, -0.05) is 32.4 Å². The Labute approximate surface area is 115 Å². The van der Waals surface area contributed by atoms with Gasteiger partial charge in [0.15, 0.2) is 0 Å². The summed E-state index contributed by atoms with van der Waals surface area (Å²) in [6, 6.07) is 5.88. The Bertz CT molecular complexity index is 492. The van der Waals surface area contributed by atoms with Crippen LogP contribution in [0.1, 0.15) is 40.2 Å². The van der Waals surface area contributed by atoms with Crippen LogP contribution in [0.25, 0.3) is 0 Å². The molecule has 0 bridgehead atoms. The lowest BCUT2D eigenvalue weighted by Crippen LogP contribution is -2.14. The number of nitrogens with one attached hydrogen (secondary N) is 1. The maximum absolute atomic E-state index is 11.8. The normalized spacial score (nSPS) is 10.8. The predicted octanol–water partition coefficient (Wildman–Crippen LogP) is 3.90. The summed E-state index contributed by atoms with van der Waals surface area (Å²) in [6.07, 6.45) is 1.57. The monoisotopic (exact) mass is 261 g/mol. The van der Waals surface area contributed by atoms with Crippen LogP contribution >= 0.6 is 0 Å². The van der Waals surface area contributed by atoms with Crippen LogP contribution in [0.2, 0.25) is 0 Å². The third kappa shape index (κ3) is 4.43. The number of carbonyl (C=O) groups excluding carboxylic acids is 1. The Morgan fingerprint density at radius 1 is 1.26 bits per heavy atom. The molecule has 3 heteroatoms. The fourth-order valence-corrected chi connectivity index (χ4v) is 1.70. The Hall–Kier alpha value is -1.77. The van der Waals surface area contributed by atoms with Crippen LogP contribution in [0.3, 0.4) is 0 Å². The number of hydrogen-bond donors (Lipinski definition) is 1. The molecule has 0 heterocycles. The summed E-state index contributed by atoms with van der Waals surface area (Å²) >= 11 is 0. The molecule has 1 rings (SSSR count). The smallest absolute Gasteiger partial charge is 0.248 e. The van der Waals surface area contributed by atoms with E-state index in [-0.39, 0.29) is 11.3 Å². The lowest BCUT2D eigenvalue weighted by Gasteiger charge is -2.21. The van der Waals surface area contributed by atoms with Gasteiger partial charge in [0, 0.05) is 6.08 Å². The Kier molecular flexibility index (Phi) is 4.76. The second-order valence-electron chi connectivity index (χ2n) is 5.88. The van der Waals surface area contributed by atoms with Gasteiger partial charge in [0.2, 0.25) is 5.91 Å². The molecule has 104 valence electrons. The van der Waals surface area contributed by atoms with Crippen molar-refractivity contribution in [2.45, 2.75) is 40.0 Å². The molecule has 3 nitrogen and oxygen atoms in total. The first-order valence-corrected chi connectivity index (χ1v) is 6.38. The van der Waals surface area contributed by atoms with Crippen LogP contribution in [0.5, 0.6) is 5.75 Å². The van der Waals surface area contributed by atoms with E-state index in [1.54, 1.807) is 13.2 Å². The quantitative estimate of drug-likeness (QED) is 0.838. The number of allylic oxidation sites excluding steroid dienone is 1. The zero-order chi connectivity index (χ0) is 14.6. The minimum Gasteiger partial charge on any atom is -0.495 e. The fraction of sp³-hybridized carbons (Fsp3) is 0.438. The van der Waals surface area contributed by atoms with E-state index in [9.17, 15) is 4.79 Å². The number of carbonyl (C=O) groups is 1. The van der Waals surface area contributed by atoms with Gasteiger partial charge in [-0.15, -0.1) is 0 Å². The van der Waals surface area contributed by atoms with Gasteiger partial charge in [-0.3, -0.25) is 4.79 Å². The Morgan fingerprint density at radius 3 is 2.37 bits per heavy atom. The van der Waals surface area contributed by atoms with E-state index in [0.717, 1.165) is 11.1 Å². The summed E-state index contributed by atoms with van der Waals surface area (Å²) in [5, 5.41) is 2.86. The maximum atomic E-state index is 11.8. The van der Waals surface area contributed by atoms with E-state index in [1.165, 1.54) is 0 Å². The van der Waals surface area contributed by atoms with Crippen molar-refractivity contribution in [1.29, 1.82) is 0 Å². The molecule has 0 aliphatic rings. The SMILES string of the molecule is COc1ccc(C(C)(C)C)cc1NC(=O)C=C(C)C. The van der Waals surface area contributed by atoms with Crippen molar-refractivity contribution >= 4 is 11.6 Å². The van der Waals surface area contributed by atoms with Gasteiger partial charge in [-0.2, -0.15) is 0 Å². The van der Waals surface area contributed by atoms with Gasteiger partial charge in [-0.25, -0.2) is 0 Å². The molecule has 0 fully saturated rings. The van der Waals surface area contributed by atoms with E-state index < -0.39 is 0 Å². The minimum absolute atomic E-state index is 0.0300. The first kappa shape index (κ1) is 15.3. The molecule has 0 saturated heterocycles. The first-order valence-electron chi connectivity index (χ1n) is 6.38. The van der Waals surface area contributed by atoms with Gasteiger partial charge < -0.3 is 10.1 Å². The van der Waals surface area contributed by atoms with Gasteiger partial charge in [-0.05, 0) is 37.0 Å². The van der Waals surface area contributed by atoms with Gasteiger partial charge in [0.1, 0.15) is 5.75 Å². The first-order chi connectivity index (χ1) is 8.74. The van der Waals surface area contributed by atoms with E-state index >= 15 is 0 Å². The second-order valence-corrected chi connectivity index (χ2v) is 5.88. The summed E-state index contributed by atoms with van der Waals surface area (Å²) in [5.41, 5.74) is 2.85. The molecule has 0 aromatic heterocycles. The van der Waals surface area contributed by atoms with Gasteiger partial charge >= 0.3 is 0 Å². The Balaban J connectivity index is 3.10. The summed E-state index contributed by atoms with van der Waals surface area (Å²) in [5.74, 6) is 0.535. The topological polar surface area (TPSA) is 38.3 Å². The van der Waals surface area contributed by atoms with Crippen LogP contribution in [-0.2, 0) is 10.2 Å². The van der Waals surface area contributed by atoms with Crippen molar-refractivity contribution in [2.24, 2.45) is 0 Å². The molecule has 0 radical (unpaired) electrons. The van der Waals surface area contributed by atoms with E-state index in [1.807, 2.05) is 32.0 Å². The van der Waals surface area contributed by atoms with E-state index in [0.29, 0.717) is 11.4 Å². The third-order valence-corrected chi connectivity index (χ3v) is 2.74. The standard InChI is InChI=1S/C16H23NO2/c1-11(2)9-15(18)17-13-10-12(16(3,4)5)7-8-14(13)19-6/h7-10H,1-6H3,(H,17,18). The summed E-state index contributed by atoms with van der Waals surface area (Å²) in [7, 11) is 1.60. The second kappa shape index (κ2) is 5.91. The number of anilines is 1. The van der Waals surface area contributed by atoms with Gasteiger partial charge in [0.25, 0.3) is 0 Å². The lowest BCUT2D eigenvalue weighted by molar-refractivity contribution is -0.112. The highest BCUT2D eigenvalue weighted by Crippen LogP contribution is 2.31. The van der Waals surface area contributed by atoms with Crippen LogP contribution in [0.15, 0.2) is 29.8 Å². The fourth-order valence-electron chi connectivity index (χ4n) is 1.70. The predicted molar refractivity (Wildman–Crippen MR) is 79.8 cm³/mol. The lowest BCUT2D eigenvalue weighted by atomic mass is 9.87. The van der Waals surface area contributed by atoms with Gasteiger partial charge in [0.05, 0.1) is 12.8 Å². The summed E-state index contributed by atoms with van der Waals surface area (Å²) < 4.78 is 5.28. The highest BCUT2D eigenvalue weighted by atomic mass is 16.5. The minimum atomic E-state index is -0.135. The van der Waals surface area contributed by atoms with Crippen molar-refractivity contribution in [1.82, 2.24) is 0 Å². The molecule has 1 aromatic rings. The average molecular weight is 261 g/mol. The number of ether oxygens (including phenoxy) is 1. The van der Waals surface area contributed by atoms with Crippen molar-refractivity contribution in [2.75, 3.05) is 12.4 Å². The van der Waals surface area contributed by atoms with Crippen LogP contribution in [0.4, 0.5) is 5.69 Å². The molecule has 19 heavy (non-hydrogen) atoms.